The van der Waals surface area contributed by atoms with Crippen LogP contribution in [0.25, 0.3) is 10.4 Å². The minimum atomic E-state index is -0.569. The van der Waals surface area contributed by atoms with E-state index in [0.29, 0.717) is 0 Å². The zero-order valence-electron chi connectivity index (χ0n) is 13.4. The molecule has 5 rings (SSSR count). The van der Waals surface area contributed by atoms with Crippen LogP contribution in [-0.2, 0) is 14.3 Å². The Morgan fingerprint density at radius 2 is 1.62 bits per heavy atom. The van der Waals surface area contributed by atoms with E-state index in [1.807, 2.05) is 25.1 Å². The van der Waals surface area contributed by atoms with Crippen molar-refractivity contribution in [1.82, 2.24) is 0 Å². The molecule has 2 aromatic rings. The topological polar surface area (TPSA) is 43.4 Å². The summed E-state index contributed by atoms with van der Waals surface area (Å²) >= 11 is 1.67. The number of ether oxygens (including phenoxy) is 1. The highest BCUT2D eigenvalue weighted by atomic mass is 32.1. The highest BCUT2D eigenvalue weighted by molar-refractivity contribution is 7.15. The molecule has 5 atom stereocenters. The van der Waals surface area contributed by atoms with Gasteiger partial charge in [0.1, 0.15) is 5.92 Å². The lowest BCUT2D eigenvalue weighted by Gasteiger charge is -2.16. The van der Waals surface area contributed by atoms with E-state index < -0.39 is 5.92 Å². The van der Waals surface area contributed by atoms with Crippen molar-refractivity contribution in [3.63, 3.8) is 0 Å². The van der Waals surface area contributed by atoms with Crippen LogP contribution in [0, 0.1) is 18.8 Å². The molecule has 0 spiro atoms. The van der Waals surface area contributed by atoms with Gasteiger partial charge in [-0.2, -0.15) is 0 Å². The average molecular weight is 338 g/mol. The number of ketones is 2. The first-order valence-electron chi connectivity index (χ1n) is 8.54. The number of rotatable bonds is 2. The molecule has 0 radical (unpaired) electrons. The molecule has 1 aliphatic carbocycles. The van der Waals surface area contributed by atoms with Crippen LogP contribution < -0.4 is 0 Å². The summed E-state index contributed by atoms with van der Waals surface area (Å²) in [5.41, 5.74) is 2.06. The molecule has 2 bridgehead atoms. The molecule has 3 aliphatic rings. The van der Waals surface area contributed by atoms with Crippen LogP contribution in [0.4, 0.5) is 0 Å². The van der Waals surface area contributed by atoms with Crippen molar-refractivity contribution in [3.8, 4) is 10.4 Å². The molecule has 4 heteroatoms. The minimum Gasteiger partial charge on any atom is -0.373 e. The van der Waals surface area contributed by atoms with Crippen LogP contribution in [0.2, 0.25) is 0 Å². The van der Waals surface area contributed by atoms with Gasteiger partial charge in [0.2, 0.25) is 0 Å². The Morgan fingerprint density at radius 3 is 2.25 bits per heavy atom. The maximum Gasteiger partial charge on any atom is 0.154 e. The molecule has 1 aromatic heterocycles. The van der Waals surface area contributed by atoms with Crippen LogP contribution >= 0.6 is 11.3 Å². The SMILES string of the molecule is Cc1sc(-c2ccccc2)cc1C1C(=O)[C@@H]2[C@H](C1=O)[C@H]1CC[C@@H]2O1. The highest BCUT2D eigenvalue weighted by Gasteiger charge is 2.63. The first-order valence-corrected chi connectivity index (χ1v) is 9.35. The van der Waals surface area contributed by atoms with Crippen molar-refractivity contribution in [3.05, 3.63) is 46.8 Å². The summed E-state index contributed by atoms with van der Waals surface area (Å²) in [7, 11) is 0. The summed E-state index contributed by atoms with van der Waals surface area (Å²) in [4.78, 5) is 28.2. The zero-order valence-corrected chi connectivity index (χ0v) is 14.2. The first-order chi connectivity index (χ1) is 11.6. The molecule has 0 amide bonds. The number of benzene rings is 1. The number of hydrogen-bond donors (Lipinski definition) is 0. The molecule has 2 aliphatic heterocycles. The van der Waals surface area contributed by atoms with E-state index in [1.165, 1.54) is 0 Å². The zero-order chi connectivity index (χ0) is 16.4. The Morgan fingerprint density at radius 1 is 1.00 bits per heavy atom. The van der Waals surface area contributed by atoms with Crippen molar-refractivity contribution in [2.75, 3.05) is 0 Å². The largest absolute Gasteiger partial charge is 0.373 e. The van der Waals surface area contributed by atoms with Crippen LogP contribution in [0.3, 0.4) is 0 Å². The monoisotopic (exact) mass is 338 g/mol. The van der Waals surface area contributed by atoms with Gasteiger partial charge in [-0.1, -0.05) is 30.3 Å². The molecular formula is C20H18O3S. The van der Waals surface area contributed by atoms with Crippen molar-refractivity contribution in [2.45, 2.75) is 37.9 Å². The number of aryl methyl sites for hydroxylation is 1. The third-order valence-electron chi connectivity index (χ3n) is 5.82. The van der Waals surface area contributed by atoms with Gasteiger partial charge in [0.25, 0.3) is 0 Å². The lowest BCUT2D eigenvalue weighted by molar-refractivity contribution is -0.127. The van der Waals surface area contributed by atoms with Crippen LogP contribution in [0.1, 0.15) is 29.2 Å². The van der Waals surface area contributed by atoms with E-state index >= 15 is 0 Å². The molecule has 3 heterocycles. The fourth-order valence-electron chi connectivity index (χ4n) is 4.76. The molecule has 2 saturated heterocycles. The predicted molar refractivity (Wildman–Crippen MR) is 92.1 cm³/mol. The molecule has 1 unspecified atom stereocenters. The van der Waals surface area contributed by atoms with Gasteiger partial charge >= 0.3 is 0 Å². The molecule has 0 N–H and O–H groups in total. The number of fused-ring (bicyclic) bond motifs is 5. The second kappa shape index (κ2) is 5.11. The first kappa shape index (κ1) is 14.6. The summed E-state index contributed by atoms with van der Waals surface area (Å²) in [6, 6.07) is 12.2. The van der Waals surface area contributed by atoms with Gasteiger partial charge in [-0.15, -0.1) is 11.3 Å². The maximum absolute atomic E-state index is 13.0. The van der Waals surface area contributed by atoms with E-state index in [4.69, 9.17) is 4.74 Å². The van der Waals surface area contributed by atoms with E-state index in [9.17, 15) is 9.59 Å². The van der Waals surface area contributed by atoms with Crippen LogP contribution in [-0.4, -0.2) is 23.8 Å². The Kier molecular flexibility index (Phi) is 3.10. The summed E-state index contributed by atoms with van der Waals surface area (Å²) in [6.07, 6.45) is 1.81. The molecule has 24 heavy (non-hydrogen) atoms. The number of carbonyl (C=O) groups is 2. The molecule has 1 saturated carbocycles. The van der Waals surface area contributed by atoms with E-state index in [2.05, 4.69) is 18.2 Å². The third kappa shape index (κ3) is 1.87. The van der Waals surface area contributed by atoms with Gasteiger partial charge in [-0.25, -0.2) is 0 Å². The smallest absolute Gasteiger partial charge is 0.154 e. The second-order valence-corrected chi connectivity index (χ2v) is 8.32. The minimum absolute atomic E-state index is 0.0195. The van der Waals surface area contributed by atoms with E-state index in [-0.39, 0.29) is 35.6 Å². The molecule has 3 fully saturated rings. The third-order valence-corrected chi connectivity index (χ3v) is 6.94. The lowest BCUT2D eigenvalue weighted by Crippen LogP contribution is -2.29. The summed E-state index contributed by atoms with van der Waals surface area (Å²) < 4.78 is 5.83. The van der Waals surface area contributed by atoms with Gasteiger partial charge in [-0.3, -0.25) is 9.59 Å². The number of hydrogen-bond acceptors (Lipinski definition) is 4. The van der Waals surface area contributed by atoms with E-state index in [1.54, 1.807) is 11.3 Å². The fourth-order valence-corrected chi connectivity index (χ4v) is 5.82. The van der Waals surface area contributed by atoms with Crippen LogP contribution in [0.15, 0.2) is 36.4 Å². The summed E-state index contributed by atoms with van der Waals surface area (Å²) in [5.74, 6) is -0.766. The number of Topliss-reactive ketones (excluding diaryl/α,β-unsaturated/α-hetero) is 2. The second-order valence-electron chi connectivity index (χ2n) is 7.07. The molecular weight excluding hydrogens is 320 g/mol. The lowest BCUT2D eigenvalue weighted by atomic mass is 9.81. The number of carbonyl (C=O) groups excluding carboxylic acids is 2. The normalized spacial score (nSPS) is 34.1. The van der Waals surface area contributed by atoms with Gasteiger partial charge in [0.15, 0.2) is 11.6 Å². The van der Waals surface area contributed by atoms with Gasteiger partial charge in [-0.05, 0) is 37.0 Å². The number of thiophene rings is 1. The maximum atomic E-state index is 13.0. The Bertz CT molecular complexity index is 810. The van der Waals surface area contributed by atoms with Gasteiger partial charge in [0, 0.05) is 9.75 Å². The molecule has 3 nitrogen and oxygen atoms in total. The molecule has 1 aromatic carbocycles. The standard InChI is InChI=1S/C20H18O3S/c1-10-12(9-15(24-10)11-5-3-2-4-6-11)16-19(21)17-13-7-8-14(23-13)18(17)20(16)22/h2-6,9,13-14,16-18H,7-8H2,1H3/t13-,14+,16?,17-,18+. The van der Waals surface area contributed by atoms with Gasteiger partial charge in [0.05, 0.1) is 24.0 Å². The highest BCUT2D eigenvalue weighted by Crippen LogP contribution is 2.53. The van der Waals surface area contributed by atoms with Crippen molar-refractivity contribution in [1.29, 1.82) is 0 Å². The van der Waals surface area contributed by atoms with Crippen molar-refractivity contribution in [2.24, 2.45) is 11.8 Å². The van der Waals surface area contributed by atoms with Crippen molar-refractivity contribution >= 4 is 22.9 Å². The fraction of sp³-hybridized carbons (Fsp3) is 0.400. The Labute approximate surface area is 144 Å². The van der Waals surface area contributed by atoms with Crippen LogP contribution in [0.5, 0.6) is 0 Å². The van der Waals surface area contributed by atoms with E-state index in [0.717, 1.165) is 33.7 Å². The average Bonchev–Trinajstić information content (AvgIpc) is 3.33. The predicted octanol–water partition coefficient (Wildman–Crippen LogP) is 3.75. The summed E-state index contributed by atoms with van der Waals surface area (Å²) in [5, 5.41) is 0. The Hall–Kier alpha value is -1.78. The quantitative estimate of drug-likeness (QED) is 0.783. The molecule has 122 valence electrons. The van der Waals surface area contributed by atoms with Crippen molar-refractivity contribution < 1.29 is 14.3 Å². The van der Waals surface area contributed by atoms with Gasteiger partial charge < -0.3 is 4.74 Å². The summed E-state index contributed by atoms with van der Waals surface area (Å²) in [6.45, 7) is 2.02. The Balaban J connectivity index is 1.54.